The molecule has 1 amide bonds. The van der Waals surface area contributed by atoms with E-state index in [0.29, 0.717) is 38.3 Å². The minimum Gasteiger partial charge on any atom is -0.357 e. The first-order valence-corrected chi connectivity index (χ1v) is 10.0. The fraction of sp³-hybridized carbons (Fsp3) is 0.389. The van der Waals surface area contributed by atoms with Crippen LogP contribution >= 0.6 is 0 Å². The van der Waals surface area contributed by atoms with Crippen LogP contribution in [-0.4, -0.2) is 54.7 Å². The van der Waals surface area contributed by atoms with E-state index < -0.39 is 10.0 Å². The van der Waals surface area contributed by atoms with Gasteiger partial charge >= 0.3 is 0 Å². The molecule has 1 aliphatic heterocycles. The highest BCUT2D eigenvalue weighted by atomic mass is 32.2. The molecule has 1 aromatic carbocycles. The van der Waals surface area contributed by atoms with Gasteiger partial charge in [-0.05, 0) is 36.6 Å². The smallest absolute Gasteiger partial charge is 0.270 e. The van der Waals surface area contributed by atoms with Crippen LogP contribution in [0.2, 0.25) is 0 Å². The maximum atomic E-state index is 12.8. The maximum absolute atomic E-state index is 12.8. The van der Waals surface area contributed by atoms with Crippen LogP contribution in [0.5, 0.6) is 0 Å². The second-order valence-electron chi connectivity index (χ2n) is 6.31. The Labute approximate surface area is 148 Å². The van der Waals surface area contributed by atoms with Crippen molar-refractivity contribution in [1.29, 1.82) is 0 Å². The summed E-state index contributed by atoms with van der Waals surface area (Å²) in [5, 5.41) is 0. The van der Waals surface area contributed by atoms with E-state index in [1.165, 1.54) is 4.31 Å². The van der Waals surface area contributed by atoms with Crippen LogP contribution in [0, 0.1) is 6.92 Å². The molecule has 0 aliphatic carbocycles. The second-order valence-corrected chi connectivity index (χ2v) is 8.28. The van der Waals surface area contributed by atoms with Gasteiger partial charge in [0.25, 0.3) is 5.91 Å². The first-order valence-electron chi connectivity index (χ1n) is 8.42. The Morgan fingerprint density at radius 1 is 1.08 bits per heavy atom. The Bertz CT molecular complexity index is 831. The van der Waals surface area contributed by atoms with Crippen LogP contribution in [0.15, 0.2) is 42.6 Å². The molecular formula is C18H23N3O3S. The third-order valence-corrected chi connectivity index (χ3v) is 6.39. The molecule has 1 aliphatic rings. The van der Waals surface area contributed by atoms with Crippen molar-refractivity contribution in [2.45, 2.75) is 19.1 Å². The number of H-pyrrole nitrogens is 1. The normalized spacial score (nSPS) is 16.6. The van der Waals surface area contributed by atoms with Gasteiger partial charge in [0.2, 0.25) is 10.0 Å². The number of carbonyl (C=O) groups excluding carboxylic acids is 1. The third-order valence-electron chi connectivity index (χ3n) is 4.56. The fourth-order valence-corrected chi connectivity index (χ4v) is 4.74. The Balaban J connectivity index is 1.68. The molecule has 7 heteroatoms. The van der Waals surface area contributed by atoms with Gasteiger partial charge in [0.1, 0.15) is 5.69 Å². The van der Waals surface area contributed by atoms with Gasteiger partial charge in [-0.1, -0.05) is 24.3 Å². The topological polar surface area (TPSA) is 73.5 Å². The molecule has 134 valence electrons. The summed E-state index contributed by atoms with van der Waals surface area (Å²) < 4.78 is 27.1. The molecule has 0 saturated carbocycles. The number of aryl methyl sites for hydroxylation is 1. The Morgan fingerprint density at radius 3 is 2.60 bits per heavy atom. The highest BCUT2D eigenvalue weighted by Crippen LogP contribution is 2.17. The van der Waals surface area contributed by atoms with Crippen LogP contribution in [0.3, 0.4) is 0 Å². The van der Waals surface area contributed by atoms with Crippen LogP contribution < -0.4 is 0 Å². The zero-order chi connectivity index (χ0) is 17.9. The zero-order valence-electron chi connectivity index (χ0n) is 14.3. The molecule has 0 atom stereocenters. The second kappa shape index (κ2) is 7.41. The van der Waals surface area contributed by atoms with Gasteiger partial charge in [-0.25, -0.2) is 8.42 Å². The molecule has 6 nitrogen and oxygen atoms in total. The predicted octanol–water partition coefficient (Wildman–Crippen LogP) is 2.00. The molecule has 25 heavy (non-hydrogen) atoms. The van der Waals surface area contributed by atoms with Crippen molar-refractivity contribution in [2.75, 3.05) is 26.2 Å². The van der Waals surface area contributed by atoms with Gasteiger partial charge < -0.3 is 9.88 Å². The fourth-order valence-electron chi connectivity index (χ4n) is 3.07. The van der Waals surface area contributed by atoms with Crippen molar-refractivity contribution < 1.29 is 13.2 Å². The van der Waals surface area contributed by atoms with Crippen molar-refractivity contribution in [2.24, 2.45) is 0 Å². The molecule has 2 aromatic rings. The molecule has 1 aromatic heterocycles. The summed E-state index contributed by atoms with van der Waals surface area (Å²) in [7, 11) is -3.40. The highest BCUT2D eigenvalue weighted by Gasteiger charge is 2.27. The number of amides is 1. The number of nitrogens with zero attached hydrogens (tertiary/aromatic N) is 2. The lowest BCUT2D eigenvalue weighted by molar-refractivity contribution is 0.0759. The zero-order valence-corrected chi connectivity index (χ0v) is 15.1. The number of aromatic amines is 1. The molecule has 3 rings (SSSR count). The van der Waals surface area contributed by atoms with E-state index in [9.17, 15) is 13.2 Å². The number of nitrogens with one attached hydrogen (secondary N) is 1. The number of aromatic nitrogens is 1. The van der Waals surface area contributed by atoms with Gasteiger partial charge in [0.05, 0.1) is 5.75 Å². The van der Waals surface area contributed by atoms with E-state index in [2.05, 4.69) is 4.98 Å². The summed E-state index contributed by atoms with van der Waals surface area (Å²) in [6.45, 7) is 3.67. The van der Waals surface area contributed by atoms with Crippen LogP contribution in [0.25, 0.3) is 0 Å². The van der Waals surface area contributed by atoms with E-state index in [-0.39, 0.29) is 11.7 Å². The van der Waals surface area contributed by atoms with E-state index >= 15 is 0 Å². The minimum absolute atomic E-state index is 0.00421. The first kappa shape index (κ1) is 17.7. The van der Waals surface area contributed by atoms with Gasteiger partial charge in [-0.15, -0.1) is 0 Å². The van der Waals surface area contributed by atoms with Gasteiger partial charge in [-0.2, -0.15) is 4.31 Å². The van der Waals surface area contributed by atoms with E-state index in [0.717, 1.165) is 11.1 Å². The SMILES string of the molecule is Cc1ccccc1CS(=O)(=O)N1CCCN(C(=O)c2ccc[nH]2)CC1. The maximum Gasteiger partial charge on any atom is 0.270 e. The van der Waals surface area contributed by atoms with Crippen molar-refractivity contribution in [1.82, 2.24) is 14.2 Å². The predicted molar refractivity (Wildman–Crippen MR) is 96.7 cm³/mol. The third kappa shape index (κ3) is 4.11. The molecule has 1 saturated heterocycles. The van der Waals surface area contributed by atoms with Crippen LogP contribution in [-0.2, 0) is 15.8 Å². The lowest BCUT2D eigenvalue weighted by Crippen LogP contribution is -2.38. The summed E-state index contributed by atoms with van der Waals surface area (Å²) in [6, 6.07) is 11.1. The summed E-state index contributed by atoms with van der Waals surface area (Å²) >= 11 is 0. The number of sulfonamides is 1. The number of carbonyl (C=O) groups is 1. The molecule has 2 heterocycles. The standard InChI is InChI=1S/C18H23N3O3S/c1-15-6-2-3-7-16(15)14-25(23,24)21-11-5-10-20(12-13-21)18(22)17-8-4-9-19-17/h2-4,6-9,19H,5,10-14H2,1H3. The van der Waals surface area contributed by atoms with Gasteiger partial charge in [-0.3, -0.25) is 4.79 Å². The average molecular weight is 361 g/mol. The molecule has 1 N–H and O–H groups in total. The van der Waals surface area contributed by atoms with Crippen molar-refractivity contribution in [3.05, 3.63) is 59.4 Å². The molecule has 0 radical (unpaired) electrons. The number of rotatable bonds is 4. The lowest BCUT2D eigenvalue weighted by Gasteiger charge is -2.22. The van der Waals surface area contributed by atoms with Crippen LogP contribution in [0.4, 0.5) is 0 Å². The number of benzene rings is 1. The van der Waals surface area contributed by atoms with Gasteiger partial charge in [0, 0.05) is 32.4 Å². The van der Waals surface area contributed by atoms with Crippen molar-refractivity contribution in [3.63, 3.8) is 0 Å². The highest BCUT2D eigenvalue weighted by molar-refractivity contribution is 7.88. The number of hydrogen-bond donors (Lipinski definition) is 1. The van der Waals surface area contributed by atoms with Crippen molar-refractivity contribution in [3.8, 4) is 0 Å². The van der Waals surface area contributed by atoms with Crippen LogP contribution in [0.1, 0.15) is 28.0 Å². The molecule has 0 bridgehead atoms. The van der Waals surface area contributed by atoms with Gasteiger partial charge in [0.15, 0.2) is 0 Å². The van der Waals surface area contributed by atoms with Crippen molar-refractivity contribution >= 4 is 15.9 Å². The largest absolute Gasteiger partial charge is 0.357 e. The molecule has 0 spiro atoms. The summed E-state index contributed by atoms with van der Waals surface area (Å²) in [6.07, 6.45) is 2.35. The Kier molecular flexibility index (Phi) is 5.24. The molecule has 0 unspecified atom stereocenters. The summed E-state index contributed by atoms with van der Waals surface area (Å²) in [5.41, 5.74) is 2.34. The lowest BCUT2D eigenvalue weighted by atomic mass is 10.1. The summed E-state index contributed by atoms with van der Waals surface area (Å²) in [5.74, 6) is -0.0762. The molecular weight excluding hydrogens is 338 g/mol. The summed E-state index contributed by atoms with van der Waals surface area (Å²) in [4.78, 5) is 17.1. The average Bonchev–Trinajstić information content (AvgIpc) is 3.00. The Morgan fingerprint density at radius 2 is 1.88 bits per heavy atom. The first-order chi connectivity index (χ1) is 12.0. The van der Waals surface area contributed by atoms with E-state index in [1.54, 1.807) is 23.2 Å². The monoisotopic (exact) mass is 361 g/mol. The van der Waals surface area contributed by atoms with E-state index in [4.69, 9.17) is 0 Å². The molecule has 1 fully saturated rings. The van der Waals surface area contributed by atoms with E-state index in [1.807, 2.05) is 31.2 Å². The number of hydrogen-bond acceptors (Lipinski definition) is 3. The Hall–Kier alpha value is -2.12. The minimum atomic E-state index is -3.40. The quantitative estimate of drug-likeness (QED) is 0.905.